The summed E-state index contributed by atoms with van der Waals surface area (Å²) in [4.78, 5) is 21.3. The molecule has 3 aromatic rings. The highest BCUT2D eigenvalue weighted by atomic mass is 19.1. The van der Waals surface area contributed by atoms with Gasteiger partial charge in [0.1, 0.15) is 0 Å². The van der Waals surface area contributed by atoms with Gasteiger partial charge in [-0.15, -0.1) is 0 Å². The molecule has 0 atom stereocenters. The van der Waals surface area contributed by atoms with E-state index in [-0.39, 0.29) is 17.7 Å². The van der Waals surface area contributed by atoms with Crippen molar-refractivity contribution in [3.05, 3.63) is 78.4 Å². The highest BCUT2D eigenvalue weighted by molar-refractivity contribution is 5.99. The molecule has 1 fully saturated rings. The minimum Gasteiger partial charge on any atom is -0.421 e. The Bertz CT molecular complexity index is 974. The highest BCUT2D eigenvalue weighted by Crippen LogP contribution is 2.36. The Kier molecular flexibility index (Phi) is 5.48. The molecular formula is C22H20FN3O3. The highest BCUT2D eigenvalue weighted by Gasteiger charge is 2.41. The van der Waals surface area contributed by atoms with Gasteiger partial charge in [-0.1, -0.05) is 42.5 Å². The monoisotopic (exact) mass is 393 g/mol. The van der Waals surface area contributed by atoms with E-state index >= 15 is 0 Å². The summed E-state index contributed by atoms with van der Waals surface area (Å²) in [6.07, 6.45) is 4.08. The van der Waals surface area contributed by atoms with E-state index in [1.54, 1.807) is 12.1 Å². The van der Waals surface area contributed by atoms with E-state index in [2.05, 4.69) is 15.3 Å². The fraction of sp³-hybridized carbons (Fsp3) is 0.227. The molecule has 0 spiro atoms. The number of carbonyl (C=O) groups is 1. The molecule has 0 saturated carbocycles. The van der Waals surface area contributed by atoms with Crippen LogP contribution in [-0.2, 0) is 14.9 Å². The van der Waals surface area contributed by atoms with Crippen molar-refractivity contribution < 1.29 is 18.7 Å². The summed E-state index contributed by atoms with van der Waals surface area (Å²) in [5.41, 5.74) is 0.737. The molecule has 0 bridgehead atoms. The second-order valence-corrected chi connectivity index (χ2v) is 6.80. The zero-order valence-electron chi connectivity index (χ0n) is 15.7. The number of amides is 1. The molecule has 1 aliphatic heterocycles. The van der Waals surface area contributed by atoms with E-state index in [0.717, 1.165) is 5.56 Å². The van der Waals surface area contributed by atoms with Crippen LogP contribution in [0.2, 0.25) is 0 Å². The molecule has 29 heavy (non-hydrogen) atoms. The molecular weight excluding hydrogens is 373 g/mol. The van der Waals surface area contributed by atoms with Crippen molar-refractivity contribution >= 4 is 11.6 Å². The van der Waals surface area contributed by atoms with Crippen LogP contribution in [0, 0.1) is 5.82 Å². The van der Waals surface area contributed by atoms with Crippen molar-refractivity contribution in [1.29, 1.82) is 0 Å². The number of anilines is 1. The average molecular weight is 393 g/mol. The van der Waals surface area contributed by atoms with E-state index in [1.165, 1.54) is 24.5 Å². The fourth-order valence-corrected chi connectivity index (χ4v) is 3.43. The number of nitrogens with one attached hydrogen (secondary N) is 1. The van der Waals surface area contributed by atoms with Crippen LogP contribution in [0.3, 0.4) is 0 Å². The lowest BCUT2D eigenvalue weighted by Gasteiger charge is -2.36. The molecule has 1 N–H and O–H groups in total. The Labute approximate surface area is 167 Å². The first-order valence-electron chi connectivity index (χ1n) is 9.36. The van der Waals surface area contributed by atoms with Gasteiger partial charge in [0.05, 0.1) is 23.5 Å². The fourth-order valence-electron chi connectivity index (χ4n) is 3.43. The van der Waals surface area contributed by atoms with Gasteiger partial charge < -0.3 is 14.8 Å². The molecule has 2 heterocycles. The minimum atomic E-state index is -0.665. The van der Waals surface area contributed by atoms with Crippen LogP contribution in [0.25, 0.3) is 0 Å². The number of aromatic nitrogens is 2. The Morgan fingerprint density at radius 1 is 1.00 bits per heavy atom. The normalized spacial score (nSPS) is 15.5. The molecule has 0 unspecified atom stereocenters. The lowest BCUT2D eigenvalue weighted by molar-refractivity contribution is -0.125. The molecule has 7 heteroatoms. The van der Waals surface area contributed by atoms with Crippen molar-refractivity contribution in [3.63, 3.8) is 0 Å². The topological polar surface area (TPSA) is 73.3 Å². The van der Waals surface area contributed by atoms with Crippen LogP contribution in [0.1, 0.15) is 18.4 Å². The quantitative estimate of drug-likeness (QED) is 0.707. The van der Waals surface area contributed by atoms with Gasteiger partial charge in [0.15, 0.2) is 11.6 Å². The van der Waals surface area contributed by atoms with E-state index in [0.29, 0.717) is 31.7 Å². The molecule has 0 aliphatic carbocycles. The molecule has 148 valence electrons. The maximum Gasteiger partial charge on any atom is 0.322 e. The molecule has 1 saturated heterocycles. The van der Waals surface area contributed by atoms with Crippen LogP contribution in [0.4, 0.5) is 10.1 Å². The van der Waals surface area contributed by atoms with Gasteiger partial charge in [0.25, 0.3) is 0 Å². The predicted molar refractivity (Wildman–Crippen MR) is 105 cm³/mol. The largest absolute Gasteiger partial charge is 0.421 e. The predicted octanol–water partition coefficient (Wildman–Crippen LogP) is 4.09. The number of hydrogen-bond acceptors (Lipinski definition) is 5. The van der Waals surface area contributed by atoms with Gasteiger partial charge in [0, 0.05) is 13.2 Å². The Balaban J connectivity index is 1.50. The summed E-state index contributed by atoms with van der Waals surface area (Å²) in [6.45, 7) is 1.04. The van der Waals surface area contributed by atoms with Gasteiger partial charge in [-0.05, 0) is 30.5 Å². The van der Waals surface area contributed by atoms with Crippen LogP contribution >= 0.6 is 0 Å². The summed E-state index contributed by atoms with van der Waals surface area (Å²) < 4.78 is 24.5. The summed E-state index contributed by atoms with van der Waals surface area (Å²) in [5.74, 6) is -0.592. The zero-order valence-corrected chi connectivity index (χ0v) is 15.7. The van der Waals surface area contributed by atoms with Crippen molar-refractivity contribution in [2.45, 2.75) is 18.3 Å². The third kappa shape index (κ3) is 4.09. The first kappa shape index (κ1) is 19.0. The van der Waals surface area contributed by atoms with E-state index in [9.17, 15) is 9.18 Å². The van der Waals surface area contributed by atoms with Crippen molar-refractivity contribution in [2.75, 3.05) is 18.5 Å². The molecule has 2 aromatic carbocycles. The molecule has 1 aromatic heterocycles. The summed E-state index contributed by atoms with van der Waals surface area (Å²) in [5, 5.41) is 2.90. The summed E-state index contributed by atoms with van der Waals surface area (Å²) in [7, 11) is 0. The first-order chi connectivity index (χ1) is 14.2. The number of halogens is 1. The van der Waals surface area contributed by atoms with Crippen molar-refractivity contribution in [1.82, 2.24) is 9.97 Å². The van der Waals surface area contributed by atoms with Gasteiger partial charge >= 0.3 is 6.01 Å². The maximum absolute atomic E-state index is 13.7. The van der Waals surface area contributed by atoms with Crippen LogP contribution in [0.15, 0.2) is 67.0 Å². The smallest absolute Gasteiger partial charge is 0.322 e. The molecule has 1 aliphatic rings. The second kappa shape index (κ2) is 8.36. The van der Waals surface area contributed by atoms with E-state index in [1.807, 2.05) is 30.3 Å². The Morgan fingerprint density at radius 3 is 2.34 bits per heavy atom. The maximum atomic E-state index is 13.7. The second-order valence-electron chi connectivity index (χ2n) is 6.80. The number of rotatable bonds is 5. The zero-order chi connectivity index (χ0) is 20.1. The van der Waals surface area contributed by atoms with Crippen LogP contribution < -0.4 is 10.1 Å². The number of nitrogens with zero attached hydrogens (tertiary/aromatic N) is 2. The van der Waals surface area contributed by atoms with Crippen molar-refractivity contribution in [3.8, 4) is 11.8 Å². The van der Waals surface area contributed by atoms with Crippen LogP contribution in [0.5, 0.6) is 11.8 Å². The molecule has 1 amide bonds. The van der Waals surface area contributed by atoms with Gasteiger partial charge in [-0.2, -0.15) is 0 Å². The van der Waals surface area contributed by atoms with E-state index in [4.69, 9.17) is 9.47 Å². The summed E-state index contributed by atoms with van der Waals surface area (Å²) >= 11 is 0. The number of hydrogen-bond donors (Lipinski definition) is 1. The van der Waals surface area contributed by atoms with Crippen molar-refractivity contribution in [2.24, 2.45) is 0 Å². The first-order valence-corrected chi connectivity index (χ1v) is 9.36. The third-order valence-electron chi connectivity index (χ3n) is 5.03. The third-order valence-corrected chi connectivity index (χ3v) is 5.03. The minimum absolute atomic E-state index is 0.00284. The number of ether oxygens (including phenoxy) is 2. The lowest BCUT2D eigenvalue weighted by atomic mass is 9.73. The SMILES string of the molecule is O=C(Nc1cnc(Oc2ccccc2F)nc1)C1(c2ccccc2)CCOCC1. The van der Waals surface area contributed by atoms with Crippen LogP contribution in [-0.4, -0.2) is 29.1 Å². The van der Waals surface area contributed by atoms with Gasteiger partial charge in [0.2, 0.25) is 5.91 Å². The Hall–Kier alpha value is -3.32. The molecule has 4 rings (SSSR count). The number of carbonyl (C=O) groups excluding carboxylic acids is 1. The van der Waals surface area contributed by atoms with Gasteiger partial charge in [-0.3, -0.25) is 4.79 Å². The molecule has 0 radical (unpaired) electrons. The number of benzene rings is 2. The lowest BCUT2D eigenvalue weighted by Crippen LogP contribution is -2.44. The molecule has 6 nitrogen and oxygen atoms in total. The summed E-state index contributed by atoms with van der Waals surface area (Å²) in [6, 6.07) is 15.7. The Morgan fingerprint density at radius 2 is 1.66 bits per heavy atom. The van der Waals surface area contributed by atoms with E-state index < -0.39 is 11.2 Å². The number of para-hydroxylation sites is 1. The van der Waals surface area contributed by atoms with Gasteiger partial charge in [-0.25, -0.2) is 14.4 Å². The standard InChI is InChI=1S/C22H20FN3O3/c23-18-8-4-5-9-19(18)29-21-24-14-17(15-25-21)26-20(27)22(10-12-28-13-11-22)16-6-2-1-3-7-16/h1-9,14-15H,10-13H2,(H,26,27). The average Bonchev–Trinajstić information content (AvgIpc) is 2.78.